The van der Waals surface area contributed by atoms with E-state index in [1.807, 2.05) is 0 Å². The van der Waals surface area contributed by atoms with Crippen molar-refractivity contribution in [2.45, 2.75) is 10.3 Å². The van der Waals surface area contributed by atoms with Crippen LogP contribution in [-0.2, 0) is 9.84 Å². The lowest BCUT2D eigenvalue weighted by Gasteiger charge is -2.16. The van der Waals surface area contributed by atoms with Gasteiger partial charge in [-0.25, -0.2) is 8.42 Å². The average Bonchev–Trinajstić information content (AvgIpc) is 3.01. The summed E-state index contributed by atoms with van der Waals surface area (Å²) >= 11 is 1.19. The number of rotatable bonds is 6. The first-order valence-electron chi connectivity index (χ1n) is 6.21. The van der Waals surface area contributed by atoms with Gasteiger partial charge in [0.25, 0.3) is 0 Å². The largest absolute Gasteiger partial charge is 0.497 e. The van der Waals surface area contributed by atoms with Crippen molar-refractivity contribution < 1.29 is 17.9 Å². The Labute approximate surface area is 128 Å². The number of nitrogens with two attached hydrogens (primary N) is 1. The van der Waals surface area contributed by atoms with Crippen molar-refractivity contribution >= 4 is 21.2 Å². The van der Waals surface area contributed by atoms with Crippen LogP contribution in [0.2, 0.25) is 0 Å². The zero-order valence-corrected chi connectivity index (χ0v) is 13.4. The maximum Gasteiger partial charge on any atom is 0.189 e. The maximum absolute atomic E-state index is 12.3. The molecular weight excluding hydrogens is 310 g/mol. The highest BCUT2D eigenvalue weighted by Gasteiger charge is 2.23. The van der Waals surface area contributed by atoms with Gasteiger partial charge in [0.15, 0.2) is 9.84 Å². The van der Waals surface area contributed by atoms with Crippen molar-refractivity contribution in [2.24, 2.45) is 5.73 Å². The van der Waals surface area contributed by atoms with Crippen molar-refractivity contribution in [1.29, 1.82) is 0 Å². The number of hydrogen-bond donors (Lipinski definition) is 1. The fourth-order valence-electron chi connectivity index (χ4n) is 1.97. The summed E-state index contributed by atoms with van der Waals surface area (Å²) in [4.78, 5) is 0. The molecule has 21 heavy (non-hydrogen) atoms. The second-order valence-electron chi connectivity index (χ2n) is 4.43. The summed E-state index contributed by atoms with van der Waals surface area (Å²) in [5.74, 6) is 0.975. The molecule has 1 atom stereocenters. The minimum absolute atomic E-state index is 0.170. The van der Waals surface area contributed by atoms with Crippen LogP contribution in [-0.4, -0.2) is 28.4 Å². The summed E-state index contributed by atoms with van der Waals surface area (Å²) in [7, 11) is -0.334. The van der Waals surface area contributed by atoms with E-state index in [-0.39, 0.29) is 5.75 Å². The third-order valence-electron chi connectivity index (χ3n) is 3.04. The first-order chi connectivity index (χ1) is 9.97. The van der Waals surface area contributed by atoms with Gasteiger partial charge in [-0.2, -0.15) is 0 Å². The molecule has 0 saturated heterocycles. The minimum Gasteiger partial charge on any atom is -0.497 e. The van der Waals surface area contributed by atoms with Gasteiger partial charge in [-0.1, -0.05) is 12.1 Å². The van der Waals surface area contributed by atoms with Crippen LogP contribution in [0.4, 0.5) is 0 Å². The quantitative estimate of drug-likeness (QED) is 0.880. The maximum atomic E-state index is 12.3. The third kappa shape index (κ3) is 3.55. The molecule has 114 valence electrons. The summed E-state index contributed by atoms with van der Waals surface area (Å²) in [6, 6.07) is 7.77. The standard InChI is InChI=1S/C14H17NO4S2/c1-18-10-5-6-11(13(8-10)19-2)12(15)9-21(16,17)14-4-3-7-20-14/h3-8,12H,9,15H2,1-2H3. The molecular formula is C14H17NO4S2. The van der Waals surface area contributed by atoms with Gasteiger partial charge in [0.1, 0.15) is 15.7 Å². The molecule has 0 aliphatic carbocycles. The number of methoxy groups -OCH3 is 2. The molecule has 1 unspecified atom stereocenters. The molecule has 5 nitrogen and oxygen atoms in total. The second-order valence-corrected chi connectivity index (χ2v) is 7.64. The van der Waals surface area contributed by atoms with Gasteiger partial charge in [-0.3, -0.25) is 0 Å². The smallest absolute Gasteiger partial charge is 0.189 e. The molecule has 7 heteroatoms. The first kappa shape index (κ1) is 15.8. The SMILES string of the molecule is COc1ccc(C(N)CS(=O)(=O)c2cccs2)c(OC)c1. The van der Waals surface area contributed by atoms with E-state index in [0.717, 1.165) is 0 Å². The molecule has 2 aromatic rings. The van der Waals surface area contributed by atoms with E-state index in [9.17, 15) is 8.42 Å². The van der Waals surface area contributed by atoms with Crippen LogP contribution in [0, 0.1) is 0 Å². The lowest BCUT2D eigenvalue weighted by molar-refractivity contribution is 0.389. The molecule has 2 rings (SSSR count). The molecule has 0 radical (unpaired) electrons. The summed E-state index contributed by atoms with van der Waals surface area (Å²) in [6.07, 6.45) is 0. The number of hydrogen-bond acceptors (Lipinski definition) is 6. The van der Waals surface area contributed by atoms with E-state index < -0.39 is 15.9 Å². The van der Waals surface area contributed by atoms with Crippen molar-refractivity contribution in [3.05, 3.63) is 41.3 Å². The number of thiophene rings is 1. The van der Waals surface area contributed by atoms with Gasteiger partial charge in [0, 0.05) is 17.7 Å². The molecule has 0 aliphatic heterocycles. The number of sulfone groups is 1. The monoisotopic (exact) mass is 327 g/mol. The van der Waals surface area contributed by atoms with Crippen LogP contribution < -0.4 is 15.2 Å². The Morgan fingerprint density at radius 1 is 1.24 bits per heavy atom. The summed E-state index contributed by atoms with van der Waals surface area (Å²) in [5, 5.41) is 1.73. The van der Waals surface area contributed by atoms with E-state index in [1.54, 1.807) is 42.8 Å². The van der Waals surface area contributed by atoms with Crippen molar-refractivity contribution in [1.82, 2.24) is 0 Å². The second kappa shape index (κ2) is 6.46. The Morgan fingerprint density at radius 2 is 2.00 bits per heavy atom. The van der Waals surface area contributed by atoms with Gasteiger partial charge >= 0.3 is 0 Å². The van der Waals surface area contributed by atoms with E-state index in [4.69, 9.17) is 15.2 Å². The Kier molecular flexibility index (Phi) is 4.87. The number of benzene rings is 1. The molecule has 0 saturated carbocycles. The fraction of sp³-hybridized carbons (Fsp3) is 0.286. The first-order valence-corrected chi connectivity index (χ1v) is 8.75. The Bertz CT molecular complexity index is 696. The van der Waals surface area contributed by atoms with Gasteiger partial charge in [0.05, 0.1) is 20.0 Å². The topological polar surface area (TPSA) is 78.6 Å². The summed E-state index contributed by atoms with van der Waals surface area (Å²) in [5.41, 5.74) is 6.70. The zero-order chi connectivity index (χ0) is 15.5. The molecule has 1 aromatic heterocycles. The van der Waals surface area contributed by atoms with E-state index in [1.165, 1.54) is 18.4 Å². The van der Waals surface area contributed by atoms with E-state index in [0.29, 0.717) is 21.3 Å². The highest BCUT2D eigenvalue weighted by atomic mass is 32.2. The molecule has 0 spiro atoms. The van der Waals surface area contributed by atoms with E-state index >= 15 is 0 Å². The van der Waals surface area contributed by atoms with Gasteiger partial charge in [-0.15, -0.1) is 11.3 Å². The molecule has 0 bridgehead atoms. The number of ether oxygens (including phenoxy) is 2. The normalized spacial score (nSPS) is 12.9. The van der Waals surface area contributed by atoms with Crippen LogP contribution >= 0.6 is 11.3 Å². The molecule has 1 heterocycles. The predicted molar refractivity (Wildman–Crippen MR) is 82.8 cm³/mol. The Balaban J connectivity index is 2.26. The highest BCUT2D eigenvalue weighted by Crippen LogP contribution is 2.30. The Hall–Kier alpha value is -1.57. The van der Waals surface area contributed by atoms with Crippen LogP contribution in [0.5, 0.6) is 11.5 Å². The van der Waals surface area contributed by atoms with Crippen LogP contribution in [0.15, 0.2) is 39.9 Å². The van der Waals surface area contributed by atoms with Crippen molar-refractivity contribution in [3.8, 4) is 11.5 Å². The van der Waals surface area contributed by atoms with Gasteiger partial charge in [0.2, 0.25) is 0 Å². The molecule has 1 aromatic carbocycles. The molecule has 2 N–H and O–H groups in total. The van der Waals surface area contributed by atoms with E-state index in [2.05, 4.69) is 0 Å². The molecule has 0 amide bonds. The minimum atomic E-state index is -3.40. The highest BCUT2D eigenvalue weighted by molar-refractivity contribution is 7.93. The molecule has 0 fully saturated rings. The average molecular weight is 327 g/mol. The van der Waals surface area contributed by atoms with Crippen molar-refractivity contribution in [2.75, 3.05) is 20.0 Å². The van der Waals surface area contributed by atoms with Gasteiger partial charge in [-0.05, 0) is 17.5 Å². The van der Waals surface area contributed by atoms with Crippen molar-refractivity contribution in [3.63, 3.8) is 0 Å². The van der Waals surface area contributed by atoms with Crippen LogP contribution in [0.25, 0.3) is 0 Å². The predicted octanol–water partition coefficient (Wildman–Crippen LogP) is 2.24. The molecule has 0 aliphatic rings. The zero-order valence-electron chi connectivity index (χ0n) is 11.8. The summed E-state index contributed by atoms with van der Waals surface area (Å²) in [6.45, 7) is 0. The summed E-state index contributed by atoms with van der Waals surface area (Å²) < 4.78 is 35.2. The lowest BCUT2D eigenvalue weighted by Crippen LogP contribution is -2.22. The fourth-order valence-corrected chi connectivity index (χ4v) is 4.48. The lowest BCUT2D eigenvalue weighted by atomic mass is 10.1. The Morgan fingerprint density at radius 3 is 2.57 bits per heavy atom. The third-order valence-corrected chi connectivity index (χ3v) is 6.30. The van der Waals surface area contributed by atoms with Crippen LogP contribution in [0.3, 0.4) is 0 Å². The van der Waals surface area contributed by atoms with Crippen LogP contribution in [0.1, 0.15) is 11.6 Å². The van der Waals surface area contributed by atoms with Gasteiger partial charge < -0.3 is 15.2 Å².